The minimum absolute atomic E-state index is 0.0804. The Kier molecular flexibility index (Phi) is 2.54. The fourth-order valence-electron chi connectivity index (χ4n) is 0.144. The Bertz CT molecular complexity index is 126. The van der Waals surface area contributed by atoms with Crippen LogP contribution in [0.1, 0.15) is 6.92 Å². The Balaban J connectivity index is 3.65. The third kappa shape index (κ3) is 2.12. The number of rotatable bonds is 2. The van der Waals surface area contributed by atoms with E-state index >= 15 is 0 Å². The molecule has 0 aliphatic rings. The molecule has 3 heteroatoms. The first-order valence-electron chi connectivity index (χ1n) is 1.98. The molecule has 0 aromatic rings. The van der Waals surface area contributed by atoms with E-state index in [1.165, 1.54) is 6.92 Å². The van der Waals surface area contributed by atoms with Crippen molar-refractivity contribution in [1.82, 2.24) is 0 Å². The molecular weight excluding hydrogens is 108 g/mol. The molecule has 0 N–H and O–H groups in total. The van der Waals surface area contributed by atoms with Crippen LogP contribution in [-0.2, 0) is 14.3 Å². The first-order valence-corrected chi connectivity index (χ1v) is 1.98. The highest BCUT2D eigenvalue weighted by atomic mass is 16.6. The summed E-state index contributed by atoms with van der Waals surface area (Å²) in [4.78, 5) is 19.6. The van der Waals surface area contributed by atoms with Crippen LogP contribution in [0.2, 0.25) is 0 Å². The van der Waals surface area contributed by atoms with Crippen LogP contribution in [0.25, 0.3) is 0 Å². The SMILES string of the molecule is C=C(C)C(=O)OC=O. The molecule has 0 saturated carbocycles. The zero-order valence-corrected chi connectivity index (χ0v) is 4.51. The third-order valence-electron chi connectivity index (χ3n) is 0.504. The van der Waals surface area contributed by atoms with Crippen molar-refractivity contribution in [3.63, 3.8) is 0 Å². The fourth-order valence-corrected chi connectivity index (χ4v) is 0.144. The van der Waals surface area contributed by atoms with Gasteiger partial charge in [-0.25, -0.2) is 4.79 Å². The van der Waals surface area contributed by atoms with Crippen molar-refractivity contribution in [3.8, 4) is 0 Å². The summed E-state index contributed by atoms with van der Waals surface area (Å²) in [6, 6.07) is 0. The normalized spacial score (nSPS) is 7.62. The van der Waals surface area contributed by atoms with Crippen molar-refractivity contribution in [2.24, 2.45) is 0 Å². The summed E-state index contributed by atoms with van der Waals surface area (Å²) in [7, 11) is 0. The monoisotopic (exact) mass is 114 g/mol. The van der Waals surface area contributed by atoms with Crippen molar-refractivity contribution >= 4 is 12.4 Å². The molecule has 0 heterocycles. The fraction of sp³-hybridized carbons (Fsp3) is 0.200. The van der Waals surface area contributed by atoms with E-state index in [1.807, 2.05) is 0 Å². The van der Waals surface area contributed by atoms with Gasteiger partial charge in [0, 0.05) is 5.57 Å². The Labute approximate surface area is 46.9 Å². The molecule has 0 spiro atoms. The Hall–Kier alpha value is -1.12. The first-order chi connectivity index (χ1) is 3.68. The Morgan fingerprint density at radius 1 is 1.75 bits per heavy atom. The molecular formula is C5H6O3. The van der Waals surface area contributed by atoms with Crippen LogP contribution >= 0.6 is 0 Å². The molecule has 0 unspecified atom stereocenters. The number of esters is 1. The van der Waals surface area contributed by atoms with Gasteiger partial charge in [0.2, 0.25) is 0 Å². The van der Waals surface area contributed by atoms with E-state index in [0.717, 1.165) is 0 Å². The molecule has 0 radical (unpaired) electrons. The number of carbonyl (C=O) groups excluding carboxylic acids is 2. The van der Waals surface area contributed by atoms with Crippen LogP contribution in [-0.4, -0.2) is 12.4 Å². The highest BCUT2D eigenvalue weighted by molar-refractivity contribution is 5.90. The van der Waals surface area contributed by atoms with Gasteiger partial charge >= 0.3 is 12.4 Å². The van der Waals surface area contributed by atoms with Crippen molar-refractivity contribution in [2.45, 2.75) is 6.92 Å². The summed E-state index contributed by atoms with van der Waals surface area (Å²) < 4.78 is 3.88. The molecule has 0 aliphatic carbocycles. The molecule has 0 rings (SSSR count). The van der Waals surface area contributed by atoms with E-state index in [2.05, 4.69) is 11.3 Å². The average Bonchev–Trinajstić information content (AvgIpc) is 1.67. The lowest BCUT2D eigenvalue weighted by atomic mass is 10.4. The molecule has 0 aromatic carbocycles. The number of ether oxygens (including phenoxy) is 1. The molecule has 8 heavy (non-hydrogen) atoms. The molecule has 0 atom stereocenters. The lowest BCUT2D eigenvalue weighted by Crippen LogP contribution is -2.01. The minimum atomic E-state index is -0.681. The van der Waals surface area contributed by atoms with E-state index in [-0.39, 0.29) is 12.0 Å². The van der Waals surface area contributed by atoms with E-state index in [1.54, 1.807) is 0 Å². The van der Waals surface area contributed by atoms with Gasteiger partial charge in [0.25, 0.3) is 0 Å². The van der Waals surface area contributed by atoms with Crippen molar-refractivity contribution in [3.05, 3.63) is 12.2 Å². The van der Waals surface area contributed by atoms with Crippen molar-refractivity contribution in [2.75, 3.05) is 0 Å². The van der Waals surface area contributed by atoms with E-state index < -0.39 is 5.97 Å². The quantitative estimate of drug-likeness (QED) is 0.224. The van der Waals surface area contributed by atoms with E-state index in [0.29, 0.717) is 0 Å². The van der Waals surface area contributed by atoms with Gasteiger partial charge in [-0.2, -0.15) is 0 Å². The van der Waals surface area contributed by atoms with Gasteiger partial charge in [0.05, 0.1) is 0 Å². The number of carbonyl (C=O) groups is 2. The van der Waals surface area contributed by atoms with Crippen molar-refractivity contribution < 1.29 is 14.3 Å². The standard InChI is InChI=1S/C5H6O3/c1-4(2)5(7)8-3-6/h3H,1H2,2H3. The Morgan fingerprint density at radius 2 is 2.25 bits per heavy atom. The van der Waals surface area contributed by atoms with Crippen LogP contribution in [0.5, 0.6) is 0 Å². The summed E-state index contributed by atoms with van der Waals surface area (Å²) in [5, 5.41) is 0. The second-order valence-electron chi connectivity index (χ2n) is 1.28. The van der Waals surface area contributed by atoms with Crippen LogP contribution in [0.4, 0.5) is 0 Å². The molecule has 0 aliphatic heterocycles. The number of hydrogen-bond donors (Lipinski definition) is 0. The molecule has 0 fully saturated rings. The highest BCUT2D eigenvalue weighted by Gasteiger charge is 1.98. The van der Waals surface area contributed by atoms with Crippen molar-refractivity contribution in [1.29, 1.82) is 0 Å². The summed E-state index contributed by atoms with van der Waals surface area (Å²) in [6.45, 7) is 4.78. The summed E-state index contributed by atoms with van der Waals surface area (Å²) in [5.41, 5.74) is 0.220. The second-order valence-corrected chi connectivity index (χ2v) is 1.28. The largest absolute Gasteiger partial charge is 0.392 e. The molecule has 3 nitrogen and oxygen atoms in total. The van der Waals surface area contributed by atoms with Gasteiger partial charge in [-0.3, -0.25) is 4.79 Å². The molecule has 0 amide bonds. The van der Waals surface area contributed by atoms with Gasteiger partial charge in [-0.15, -0.1) is 0 Å². The minimum Gasteiger partial charge on any atom is -0.392 e. The van der Waals surface area contributed by atoms with Gasteiger partial charge in [0.1, 0.15) is 0 Å². The maximum atomic E-state index is 10.2. The summed E-state index contributed by atoms with van der Waals surface area (Å²) in [6.07, 6.45) is 0. The number of hydrogen-bond acceptors (Lipinski definition) is 3. The van der Waals surface area contributed by atoms with Crippen LogP contribution in [0, 0.1) is 0 Å². The summed E-state index contributed by atoms with van der Waals surface area (Å²) >= 11 is 0. The predicted octanol–water partition coefficient (Wildman–Crippen LogP) is 0.262. The summed E-state index contributed by atoms with van der Waals surface area (Å²) in [5.74, 6) is -0.681. The first kappa shape index (κ1) is 6.88. The highest BCUT2D eigenvalue weighted by Crippen LogP contribution is 1.87. The predicted molar refractivity (Wildman–Crippen MR) is 27.0 cm³/mol. The van der Waals surface area contributed by atoms with E-state index in [4.69, 9.17) is 0 Å². The van der Waals surface area contributed by atoms with Gasteiger partial charge in [-0.1, -0.05) is 6.58 Å². The maximum Gasteiger partial charge on any atom is 0.340 e. The average molecular weight is 114 g/mol. The lowest BCUT2D eigenvalue weighted by Gasteiger charge is -1.89. The van der Waals surface area contributed by atoms with Crippen LogP contribution < -0.4 is 0 Å². The molecule has 0 saturated heterocycles. The van der Waals surface area contributed by atoms with Crippen LogP contribution in [0.15, 0.2) is 12.2 Å². The van der Waals surface area contributed by atoms with Gasteiger partial charge in [-0.05, 0) is 6.92 Å². The van der Waals surface area contributed by atoms with Crippen LogP contribution in [0.3, 0.4) is 0 Å². The van der Waals surface area contributed by atoms with E-state index in [9.17, 15) is 9.59 Å². The van der Waals surface area contributed by atoms with Gasteiger partial charge in [0.15, 0.2) is 0 Å². The smallest absolute Gasteiger partial charge is 0.340 e. The maximum absolute atomic E-state index is 10.2. The molecule has 0 bridgehead atoms. The third-order valence-corrected chi connectivity index (χ3v) is 0.504. The molecule has 44 valence electrons. The lowest BCUT2D eigenvalue weighted by molar-refractivity contribution is -0.148. The Morgan fingerprint density at radius 3 is 2.38 bits per heavy atom. The van der Waals surface area contributed by atoms with Gasteiger partial charge < -0.3 is 4.74 Å². The second kappa shape index (κ2) is 2.96. The zero-order valence-electron chi connectivity index (χ0n) is 4.51. The zero-order chi connectivity index (χ0) is 6.57. The molecule has 0 aromatic heterocycles. The topological polar surface area (TPSA) is 43.4 Å².